The molecule has 4 aromatic rings. The van der Waals surface area contributed by atoms with E-state index in [4.69, 9.17) is 4.52 Å². The van der Waals surface area contributed by atoms with E-state index < -0.39 is 26.5 Å². The smallest absolute Gasteiger partial charge is 0.380 e. The summed E-state index contributed by atoms with van der Waals surface area (Å²) in [4.78, 5) is 29.6. The first kappa shape index (κ1) is 32.5. The molecule has 0 radical (unpaired) electrons. The number of pyridine rings is 2. The summed E-state index contributed by atoms with van der Waals surface area (Å²) in [5, 5.41) is 33.2. The van der Waals surface area contributed by atoms with Crippen LogP contribution in [0.1, 0.15) is 81.1 Å². The van der Waals surface area contributed by atoms with Gasteiger partial charge in [0, 0.05) is 34.6 Å². The predicted molar refractivity (Wildman–Crippen MR) is 170 cm³/mol. The average Bonchev–Trinajstić information content (AvgIpc) is 3.41. The Balaban J connectivity index is 1.58. The van der Waals surface area contributed by atoms with Crippen molar-refractivity contribution in [1.82, 2.24) is 25.0 Å². The summed E-state index contributed by atoms with van der Waals surface area (Å²) in [5.41, 5.74) is 2.39. The van der Waals surface area contributed by atoms with Gasteiger partial charge >= 0.3 is 7.82 Å². The second-order valence-corrected chi connectivity index (χ2v) is 14.9. The first-order valence-electron chi connectivity index (χ1n) is 15.2. The van der Waals surface area contributed by atoms with Gasteiger partial charge in [0.05, 0.1) is 34.1 Å². The van der Waals surface area contributed by atoms with Crippen LogP contribution in [0.3, 0.4) is 0 Å². The molecule has 3 aliphatic carbocycles. The van der Waals surface area contributed by atoms with Gasteiger partial charge < -0.3 is 20.0 Å². The molecule has 3 saturated carbocycles. The molecule has 0 amide bonds. The number of anilines is 2. The van der Waals surface area contributed by atoms with E-state index in [0.717, 1.165) is 19.3 Å². The van der Waals surface area contributed by atoms with Gasteiger partial charge in [0.25, 0.3) is 0 Å². The number of nitrogens with one attached hydrogen (secondary N) is 1. The molecule has 3 aliphatic rings. The molecule has 3 fully saturated rings. The molecule has 1 aromatic carbocycles. The molecule has 0 aliphatic heterocycles. The molecule has 0 spiro atoms. The van der Waals surface area contributed by atoms with Crippen LogP contribution in [0.5, 0.6) is 0 Å². The fourth-order valence-electron chi connectivity index (χ4n) is 6.31. The predicted octanol–water partition coefficient (Wildman–Crippen LogP) is 5.43. The van der Waals surface area contributed by atoms with Gasteiger partial charge in [-0.3, -0.25) is 9.51 Å². The molecule has 2 bridgehead atoms. The van der Waals surface area contributed by atoms with Crippen molar-refractivity contribution in [2.45, 2.75) is 71.5 Å². The molecule has 47 heavy (non-hydrogen) atoms. The number of aryl methyl sites for hydroxylation is 1. The number of nitrogens with zero attached hydrogens (tertiary/aromatic N) is 8. The maximum Gasteiger partial charge on any atom is 0.471 e. The Bertz CT molecular complexity index is 1990. The van der Waals surface area contributed by atoms with E-state index in [1.54, 1.807) is 19.2 Å². The average molecular weight is 660 g/mol. The number of benzene rings is 1. The van der Waals surface area contributed by atoms with Crippen molar-refractivity contribution in [2.24, 2.45) is 11.3 Å². The standard InChI is InChI=1S/C32H35FN9O4P/c1-18-24(6-7-27(33)37-18)30(26-16-42(40-39-26)32-10-20(11-32)12-32)41(17-46-47(43,44)45)23-8-21(13-34)28-25(9-23)29(22(14-35)15-36-28)38-19(2)31(3,4)5/h6-9,15-16,19-20,30H,10-12,17H2,1-5H3,(H,36,38)(H2,43,44,45)/t19?,20?,30-,32?/m0/s1. The van der Waals surface area contributed by atoms with Gasteiger partial charge in [0.1, 0.15) is 30.6 Å². The van der Waals surface area contributed by atoms with Crippen molar-refractivity contribution in [3.8, 4) is 12.1 Å². The minimum atomic E-state index is -5.01. The Morgan fingerprint density at radius 3 is 2.49 bits per heavy atom. The maximum atomic E-state index is 14.3. The summed E-state index contributed by atoms with van der Waals surface area (Å²) in [6.07, 6.45) is 6.20. The number of fused-ring (bicyclic) bond motifs is 1. The Kier molecular flexibility index (Phi) is 8.05. The third-order valence-corrected chi connectivity index (χ3v) is 9.99. The maximum absolute atomic E-state index is 14.3. The van der Waals surface area contributed by atoms with Crippen molar-refractivity contribution in [3.63, 3.8) is 0 Å². The van der Waals surface area contributed by atoms with E-state index in [9.17, 15) is 29.3 Å². The van der Waals surface area contributed by atoms with Gasteiger partial charge in [-0.2, -0.15) is 14.9 Å². The van der Waals surface area contributed by atoms with Gasteiger partial charge in [-0.1, -0.05) is 32.1 Å². The number of nitriles is 2. The molecule has 244 valence electrons. The lowest BCUT2D eigenvalue weighted by molar-refractivity contribution is -0.0989. The first-order valence-corrected chi connectivity index (χ1v) is 16.7. The molecule has 3 heterocycles. The summed E-state index contributed by atoms with van der Waals surface area (Å²) in [6.45, 7) is 9.11. The largest absolute Gasteiger partial charge is 0.471 e. The monoisotopic (exact) mass is 659 g/mol. The lowest BCUT2D eigenvalue weighted by Crippen LogP contribution is -2.59. The number of halogens is 1. The summed E-state index contributed by atoms with van der Waals surface area (Å²) in [7, 11) is -5.01. The highest BCUT2D eigenvalue weighted by Gasteiger charge is 2.59. The van der Waals surface area contributed by atoms with Crippen LogP contribution in [0.4, 0.5) is 15.8 Å². The zero-order chi connectivity index (χ0) is 33.9. The van der Waals surface area contributed by atoms with Crippen LogP contribution in [0, 0.1) is 46.9 Å². The summed E-state index contributed by atoms with van der Waals surface area (Å²) in [5.74, 6) is -0.0235. The molecule has 7 rings (SSSR count). The highest BCUT2D eigenvalue weighted by atomic mass is 31.2. The minimum absolute atomic E-state index is 0.107. The Labute approximate surface area is 271 Å². The molecular weight excluding hydrogens is 624 g/mol. The van der Waals surface area contributed by atoms with E-state index in [2.05, 4.69) is 58.5 Å². The number of aromatic nitrogens is 5. The van der Waals surface area contributed by atoms with Crippen molar-refractivity contribution < 1.29 is 23.3 Å². The number of phosphoric ester groups is 1. The van der Waals surface area contributed by atoms with E-state index in [-0.39, 0.29) is 28.1 Å². The van der Waals surface area contributed by atoms with Gasteiger partial charge in [-0.25, -0.2) is 14.2 Å². The van der Waals surface area contributed by atoms with Crippen LogP contribution < -0.4 is 10.2 Å². The normalized spacial score (nSPS) is 20.0. The van der Waals surface area contributed by atoms with Gasteiger partial charge in [0.2, 0.25) is 5.95 Å². The summed E-state index contributed by atoms with van der Waals surface area (Å²) in [6, 6.07) is 9.27. The van der Waals surface area contributed by atoms with Crippen LogP contribution in [-0.2, 0) is 14.6 Å². The van der Waals surface area contributed by atoms with Crippen molar-refractivity contribution in [2.75, 3.05) is 16.9 Å². The van der Waals surface area contributed by atoms with Crippen LogP contribution >= 0.6 is 7.82 Å². The third kappa shape index (κ3) is 6.06. The summed E-state index contributed by atoms with van der Waals surface area (Å²) < 4.78 is 33.3. The van der Waals surface area contributed by atoms with E-state index >= 15 is 0 Å². The number of hydrogen-bond donors (Lipinski definition) is 3. The molecule has 13 nitrogen and oxygen atoms in total. The first-order chi connectivity index (χ1) is 22.1. The molecule has 0 saturated heterocycles. The zero-order valence-corrected chi connectivity index (χ0v) is 27.5. The van der Waals surface area contributed by atoms with Crippen LogP contribution in [0.25, 0.3) is 10.9 Å². The zero-order valence-electron chi connectivity index (χ0n) is 26.6. The second kappa shape index (κ2) is 11.7. The van der Waals surface area contributed by atoms with E-state index in [1.807, 2.05) is 11.6 Å². The highest BCUT2D eigenvalue weighted by molar-refractivity contribution is 7.46. The number of hydrogen-bond acceptors (Lipinski definition) is 10. The molecule has 2 atom stereocenters. The fourth-order valence-corrected chi connectivity index (χ4v) is 6.59. The molecule has 3 aromatic heterocycles. The number of rotatable bonds is 10. The quantitative estimate of drug-likeness (QED) is 0.112. The van der Waals surface area contributed by atoms with Crippen LogP contribution in [0.2, 0.25) is 0 Å². The van der Waals surface area contributed by atoms with Crippen LogP contribution in [0.15, 0.2) is 36.7 Å². The lowest BCUT2D eigenvalue weighted by atomic mass is 9.50. The minimum Gasteiger partial charge on any atom is -0.380 e. The lowest BCUT2D eigenvalue weighted by Gasteiger charge is -2.61. The van der Waals surface area contributed by atoms with Gasteiger partial charge in [-0.15, -0.1) is 5.10 Å². The van der Waals surface area contributed by atoms with E-state index in [1.165, 1.54) is 29.3 Å². The summed E-state index contributed by atoms with van der Waals surface area (Å²) >= 11 is 0. The van der Waals surface area contributed by atoms with Crippen molar-refractivity contribution >= 4 is 30.1 Å². The van der Waals surface area contributed by atoms with Gasteiger partial charge in [-0.05, 0) is 62.6 Å². The van der Waals surface area contributed by atoms with Crippen molar-refractivity contribution in [3.05, 3.63) is 70.7 Å². The molecule has 1 unspecified atom stereocenters. The van der Waals surface area contributed by atoms with Crippen LogP contribution in [-0.4, -0.2) is 47.5 Å². The third-order valence-electron chi connectivity index (χ3n) is 9.54. The molecule has 15 heteroatoms. The molecular formula is C32H35FN9O4P. The Morgan fingerprint density at radius 1 is 1.21 bits per heavy atom. The Morgan fingerprint density at radius 2 is 1.91 bits per heavy atom. The van der Waals surface area contributed by atoms with Crippen molar-refractivity contribution in [1.29, 1.82) is 10.5 Å². The second-order valence-electron chi connectivity index (χ2n) is 13.6. The highest BCUT2D eigenvalue weighted by Crippen LogP contribution is 2.62. The number of phosphoric acid groups is 1. The van der Waals surface area contributed by atoms with E-state index in [0.29, 0.717) is 45.1 Å². The Hall–Kier alpha value is -4.46. The fraction of sp³-hybridized carbons (Fsp3) is 0.438. The molecule has 3 N–H and O–H groups in total. The van der Waals surface area contributed by atoms with Gasteiger partial charge in [0.15, 0.2) is 0 Å². The SMILES string of the molecule is Cc1nc(F)ccc1[C@@H](c1cn(C23CC(C2)C3)nn1)N(COP(=O)(O)O)c1cc(C#N)c2ncc(C#N)c(NC(C)C(C)(C)C)c2c1. The topological polar surface area (TPSA) is 186 Å².